The second-order valence-corrected chi connectivity index (χ2v) is 15.9. The maximum Gasteiger partial charge on any atom is 0.331 e. The van der Waals surface area contributed by atoms with E-state index in [-0.39, 0.29) is 48.0 Å². The van der Waals surface area contributed by atoms with Crippen molar-refractivity contribution in [1.82, 2.24) is 0 Å². The molecular weight excluding hydrogens is 616 g/mol. The van der Waals surface area contributed by atoms with Crippen molar-refractivity contribution in [2.75, 3.05) is 19.8 Å². The van der Waals surface area contributed by atoms with E-state index in [9.17, 15) is 40.5 Å². The van der Waals surface area contributed by atoms with Crippen LogP contribution in [0.1, 0.15) is 71.6 Å². The Hall–Kier alpha value is -1.23. The third kappa shape index (κ3) is 5.52. The molecule has 4 saturated carbocycles. The summed E-state index contributed by atoms with van der Waals surface area (Å²) in [5, 5.41) is 74.3. The standard InChI is InChI=1S/C34H52O13/c1-32-8-5-18(46-31-29(41)27(39)26(38)23(47-31)15-45-30-28(40)25(37)22(35)14-44-30)12-17(32)3-4-21-20(32)6-9-33(2)19(7-10-34(21,33)42)16-11-24(36)43-13-16/h11,17-23,25-31,35,37-42H,3-10,12-15H2,1-2H3/t17-,18+,19-,20+,21-,22-,23-,25+,26-,27+,28-,29-,30+,31-,32+,33-,34+/m1/s1. The van der Waals surface area contributed by atoms with Gasteiger partial charge in [-0.2, -0.15) is 0 Å². The van der Waals surface area contributed by atoms with Crippen LogP contribution in [-0.4, -0.2) is 129 Å². The van der Waals surface area contributed by atoms with E-state index >= 15 is 0 Å². The summed E-state index contributed by atoms with van der Waals surface area (Å²) >= 11 is 0. The number of esters is 1. The van der Waals surface area contributed by atoms with Crippen molar-refractivity contribution in [2.45, 2.75) is 139 Å². The van der Waals surface area contributed by atoms with Crippen molar-refractivity contribution >= 4 is 5.97 Å². The Kier molecular flexibility index (Phi) is 9.12. The molecule has 0 spiro atoms. The molecule has 266 valence electrons. The van der Waals surface area contributed by atoms with E-state index in [2.05, 4.69) is 13.8 Å². The Balaban J connectivity index is 0.984. The fraction of sp³-hybridized carbons (Fsp3) is 0.912. The zero-order valence-corrected chi connectivity index (χ0v) is 27.2. The first-order chi connectivity index (χ1) is 22.3. The third-order valence-electron chi connectivity index (χ3n) is 13.8. The molecule has 3 aliphatic heterocycles. The van der Waals surface area contributed by atoms with Crippen LogP contribution in [-0.2, 0) is 28.5 Å². The smallest absolute Gasteiger partial charge is 0.331 e. The Morgan fingerprint density at radius 1 is 0.851 bits per heavy atom. The maximum absolute atomic E-state index is 12.5. The van der Waals surface area contributed by atoms with Gasteiger partial charge in [0.1, 0.15) is 49.3 Å². The van der Waals surface area contributed by atoms with Gasteiger partial charge in [0.15, 0.2) is 12.6 Å². The van der Waals surface area contributed by atoms with Gasteiger partial charge in [0.25, 0.3) is 0 Å². The lowest BCUT2D eigenvalue weighted by Crippen LogP contribution is -2.63. The Labute approximate surface area is 274 Å². The van der Waals surface area contributed by atoms with Gasteiger partial charge in [0.2, 0.25) is 0 Å². The third-order valence-corrected chi connectivity index (χ3v) is 13.8. The second kappa shape index (κ2) is 12.5. The molecular formula is C34H52O13. The van der Waals surface area contributed by atoms with Crippen molar-refractivity contribution in [1.29, 1.82) is 0 Å². The van der Waals surface area contributed by atoms with Crippen molar-refractivity contribution < 1.29 is 64.2 Å². The van der Waals surface area contributed by atoms with Gasteiger partial charge in [-0.3, -0.25) is 0 Å². The van der Waals surface area contributed by atoms with E-state index in [1.807, 2.05) is 0 Å². The Morgan fingerprint density at radius 3 is 2.36 bits per heavy atom. The van der Waals surface area contributed by atoms with E-state index in [1.165, 1.54) is 0 Å². The minimum Gasteiger partial charge on any atom is -0.458 e. The number of carbonyl (C=O) groups excluding carboxylic acids is 1. The monoisotopic (exact) mass is 668 g/mol. The van der Waals surface area contributed by atoms with Gasteiger partial charge in [-0.25, -0.2) is 4.79 Å². The minimum atomic E-state index is -1.56. The maximum atomic E-state index is 12.5. The molecule has 0 amide bonds. The van der Waals surface area contributed by atoms with Gasteiger partial charge in [-0.05, 0) is 92.4 Å². The van der Waals surface area contributed by atoms with Gasteiger partial charge >= 0.3 is 5.97 Å². The summed E-state index contributed by atoms with van der Waals surface area (Å²) in [6.07, 6.45) is -3.27. The molecule has 7 aliphatic rings. The summed E-state index contributed by atoms with van der Waals surface area (Å²) in [4.78, 5) is 11.9. The fourth-order valence-corrected chi connectivity index (χ4v) is 11.0. The number of ether oxygens (including phenoxy) is 5. The van der Waals surface area contributed by atoms with Gasteiger partial charge in [-0.15, -0.1) is 0 Å². The van der Waals surface area contributed by atoms with Crippen molar-refractivity contribution in [3.05, 3.63) is 11.6 Å². The average Bonchev–Trinajstić information content (AvgIpc) is 3.59. The highest BCUT2D eigenvalue weighted by Crippen LogP contribution is 2.70. The number of aliphatic hydroxyl groups is 7. The summed E-state index contributed by atoms with van der Waals surface area (Å²) in [5.74, 6) is 0.760. The molecule has 3 heterocycles. The molecule has 13 nitrogen and oxygen atoms in total. The Bertz CT molecular complexity index is 1210. The van der Waals surface area contributed by atoms with Gasteiger partial charge < -0.3 is 59.4 Å². The average molecular weight is 669 g/mol. The highest BCUT2D eigenvalue weighted by atomic mass is 16.7. The minimum absolute atomic E-state index is 0.0146. The van der Waals surface area contributed by atoms with Crippen LogP contribution < -0.4 is 0 Å². The van der Waals surface area contributed by atoms with Crippen molar-refractivity contribution in [3.63, 3.8) is 0 Å². The summed E-state index contributed by atoms with van der Waals surface area (Å²) in [7, 11) is 0. The lowest BCUT2D eigenvalue weighted by Gasteiger charge is -2.64. The van der Waals surface area contributed by atoms with E-state index < -0.39 is 60.9 Å². The quantitative estimate of drug-likeness (QED) is 0.146. The molecule has 7 N–H and O–H groups in total. The normalized spacial score (nSPS) is 54.7. The summed E-state index contributed by atoms with van der Waals surface area (Å²) in [6, 6.07) is 0. The number of aliphatic hydroxyl groups excluding tert-OH is 6. The molecule has 47 heavy (non-hydrogen) atoms. The van der Waals surface area contributed by atoms with Crippen LogP contribution in [0.3, 0.4) is 0 Å². The van der Waals surface area contributed by atoms with Gasteiger partial charge in [-0.1, -0.05) is 13.8 Å². The topological polar surface area (TPSA) is 205 Å². The largest absolute Gasteiger partial charge is 0.458 e. The number of fused-ring (bicyclic) bond motifs is 5. The van der Waals surface area contributed by atoms with Gasteiger partial charge in [0.05, 0.1) is 24.9 Å². The molecule has 6 fully saturated rings. The molecule has 0 aromatic carbocycles. The first-order valence-corrected chi connectivity index (χ1v) is 17.5. The molecule has 4 aliphatic carbocycles. The predicted molar refractivity (Wildman–Crippen MR) is 161 cm³/mol. The van der Waals surface area contributed by atoms with Crippen LogP contribution in [0.15, 0.2) is 11.6 Å². The SMILES string of the molecule is C[C@]12CC[C@H](O[C@@H]3O[C@H](CO[C@@H]4OC[C@@H](O)[C@H](O)[C@H]4O)[C@@H](O)[C@H](O)[C@H]3O)C[C@H]1CC[C@@H]1[C@@H]2CC[C@]2(C)[C@@H](C3=CC(=O)OC3)CC[C@]12O. The van der Waals surface area contributed by atoms with Crippen molar-refractivity contribution in [2.24, 2.45) is 34.5 Å². The van der Waals surface area contributed by atoms with Crippen LogP contribution in [0.25, 0.3) is 0 Å². The molecule has 0 radical (unpaired) electrons. The van der Waals surface area contributed by atoms with E-state index in [4.69, 9.17) is 23.7 Å². The van der Waals surface area contributed by atoms with E-state index in [1.54, 1.807) is 6.08 Å². The summed E-state index contributed by atoms with van der Waals surface area (Å²) in [5.41, 5.74) is -0.0406. The highest BCUT2D eigenvalue weighted by Gasteiger charge is 2.68. The number of hydrogen-bond donors (Lipinski definition) is 7. The zero-order chi connectivity index (χ0) is 33.5. The van der Waals surface area contributed by atoms with E-state index in [0.29, 0.717) is 18.4 Å². The van der Waals surface area contributed by atoms with Crippen LogP contribution in [0.4, 0.5) is 0 Å². The molecule has 0 bridgehead atoms. The molecule has 17 atom stereocenters. The van der Waals surface area contributed by atoms with Crippen LogP contribution in [0, 0.1) is 34.5 Å². The molecule has 13 heteroatoms. The molecule has 0 unspecified atom stereocenters. The van der Waals surface area contributed by atoms with Crippen LogP contribution in [0.5, 0.6) is 0 Å². The predicted octanol–water partition coefficient (Wildman–Crippen LogP) is -0.108. The first kappa shape index (κ1) is 34.2. The lowest BCUT2D eigenvalue weighted by molar-refractivity contribution is -0.331. The zero-order valence-electron chi connectivity index (χ0n) is 27.2. The number of hydrogen-bond acceptors (Lipinski definition) is 13. The van der Waals surface area contributed by atoms with Crippen LogP contribution in [0.2, 0.25) is 0 Å². The summed E-state index contributed by atoms with van der Waals surface area (Å²) in [6.45, 7) is 4.35. The number of cyclic esters (lactones) is 1. The fourth-order valence-electron chi connectivity index (χ4n) is 11.0. The molecule has 0 aromatic rings. The lowest BCUT2D eigenvalue weighted by atomic mass is 9.43. The van der Waals surface area contributed by atoms with Crippen molar-refractivity contribution in [3.8, 4) is 0 Å². The van der Waals surface area contributed by atoms with Crippen LogP contribution >= 0.6 is 0 Å². The Morgan fingerprint density at radius 2 is 1.62 bits per heavy atom. The molecule has 2 saturated heterocycles. The van der Waals surface area contributed by atoms with E-state index in [0.717, 1.165) is 63.4 Å². The van der Waals surface area contributed by atoms with Gasteiger partial charge in [0, 0.05) is 11.5 Å². The summed E-state index contributed by atoms with van der Waals surface area (Å²) < 4.78 is 28.3. The number of carbonyl (C=O) groups is 1. The first-order valence-electron chi connectivity index (χ1n) is 17.5. The molecule has 0 aromatic heterocycles. The molecule has 7 rings (SSSR count). The number of rotatable bonds is 6. The highest BCUT2D eigenvalue weighted by molar-refractivity contribution is 5.85. The second-order valence-electron chi connectivity index (χ2n) is 15.9.